The van der Waals surface area contributed by atoms with Gasteiger partial charge in [-0.15, -0.1) is 0 Å². The Morgan fingerprint density at radius 2 is 2.24 bits per heavy atom. The summed E-state index contributed by atoms with van der Waals surface area (Å²) in [5.74, 6) is 1.28. The minimum Gasteiger partial charge on any atom is -0.497 e. The molecule has 2 aromatic rings. The molecule has 0 fully saturated rings. The van der Waals surface area contributed by atoms with Crippen LogP contribution >= 0.6 is 0 Å². The molecule has 1 aliphatic carbocycles. The zero-order chi connectivity index (χ0) is 17.6. The molecule has 0 bridgehead atoms. The van der Waals surface area contributed by atoms with Crippen molar-refractivity contribution in [1.29, 1.82) is 0 Å². The van der Waals surface area contributed by atoms with Crippen molar-refractivity contribution >= 4 is 6.03 Å². The Kier molecular flexibility index (Phi) is 5.58. The van der Waals surface area contributed by atoms with Gasteiger partial charge < -0.3 is 15.4 Å². The molecule has 6 nitrogen and oxygen atoms in total. The van der Waals surface area contributed by atoms with Crippen LogP contribution in [0.15, 0.2) is 30.5 Å². The molecule has 2 amide bonds. The topological polar surface area (TPSA) is 68.2 Å². The summed E-state index contributed by atoms with van der Waals surface area (Å²) in [5.41, 5.74) is 3.78. The van der Waals surface area contributed by atoms with Crippen molar-refractivity contribution in [2.75, 3.05) is 20.2 Å². The summed E-state index contributed by atoms with van der Waals surface area (Å²) in [4.78, 5) is 12.0. The van der Waals surface area contributed by atoms with Crippen LogP contribution in [0.5, 0.6) is 5.75 Å². The number of hydrogen-bond donors (Lipinski definition) is 2. The van der Waals surface area contributed by atoms with Crippen LogP contribution in [0.2, 0.25) is 0 Å². The van der Waals surface area contributed by atoms with Crippen molar-refractivity contribution in [3.63, 3.8) is 0 Å². The van der Waals surface area contributed by atoms with Gasteiger partial charge in [0.2, 0.25) is 0 Å². The number of carbonyl (C=O) groups is 1. The lowest BCUT2D eigenvalue weighted by Gasteiger charge is -2.26. The van der Waals surface area contributed by atoms with E-state index in [1.54, 1.807) is 13.3 Å². The Hall–Kier alpha value is -2.50. The van der Waals surface area contributed by atoms with Gasteiger partial charge in [-0.1, -0.05) is 6.07 Å². The average Bonchev–Trinajstić information content (AvgIpc) is 3.04. The number of aryl methyl sites for hydroxylation is 2. The number of hydrogen-bond acceptors (Lipinski definition) is 3. The fourth-order valence-electron chi connectivity index (χ4n) is 3.46. The molecule has 1 aliphatic rings. The van der Waals surface area contributed by atoms with Gasteiger partial charge in [-0.3, -0.25) is 4.68 Å². The second-order valence-electron chi connectivity index (χ2n) is 6.49. The van der Waals surface area contributed by atoms with Gasteiger partial charge in [0.1, 0.15) is 5.75 Å². The van der Waals surface area contributed by atoms with Crippen LogP contribution in [0.1, 0.15) is 35.6 Å². The Morgan fingerprint density at radius 1 is 1.36 bits per heavy atom. The van der Waals surface area contributed by atoms with Crippen LogP contribution in [-0.2, 0) is 19.9 Å². The Labute approximate surface area is 148 Å². The van der Waals surface area contributed by atoms with E-state index < -0.39 is 0 Å². The summed E-state index contributed by atoms with van der Waals surface area (Å²) >= 11 is 0. The maximum absolute atomic E-state index is 12.0. The fourth-order valence-corrected chi connectivity index (χ4v) is 3.46. The van der Waals surface area contributed by atoms with Gasteiger partial charge >= 0.3 is 6.03 Å². The van der Waals surface area contributed by atoms with E-state index in [0.717, 1.165) is 37.1 Å². The maximum Gasteiger partial charge on any atom is 0.314 e. The van der Waals surface area contributed by atoms with Gasteiger partial charge in [0.05, 0.1) is 7.11 Å². The van der Waals surface area contributed by atoms with Gasteiger partial charge in [0.25, 0.3) is 0 Å². The largest absolute Gasteiger partial charge is 0.497 e. The van der Waals surface area contributed by atoms with E-state index in [0.29, 0.717) is 19.0 Å². The number of benzene rings is 1. The first kappa shape index (κ1) is 17.3. The predicted octanol–water partition coefficient (Wildman–Crippen LogP) is 2.39. The number of urea groups is 1. The SMILES string of the molecule is COc1ccc2c(c1)CCC[C@@H]2CNC(=O)NCCc1ccnn1C. The number of carbonyl (C=O) groups excluding carboxylic acids is 1. The second-order valence-corrected chi connectivity index (χ2v) is 6.49. The molecule has 0 radical (unpaired) electrons. The summed E-state index contributed by atoms with van der Waals surface area (Å²) in [6.07, 6.45) is 5.88. The number of rotatable bonds is 6. The minimum absolute atomic E-state index is 0.109. The van der Waals surface area contributed by atoms with Crippen LogP contribution in [0, 0.1) is 0 Å². The fraction of sp³-hybridized carbons (Fsp3) is 0.474. The molecule has 1 aromatic heterocycles. The first-order valence-corrected chi connectivity index (χ1v) is 8.82. The number of amides is 2. The highest BCUT2D eigenvalue weighted by molar-refractivity contribution is 5.73. The van der Waals surface area contributed by atoms with Gasteiger partial charge in [-0.25, -0.2) is 4.79 Å². The molecule has 6 heteroatoms. The number of fused-ring (bicyclic) bond motifs is 1. The molecule has 25 heavy (non-hydrogen) atoms. The van der Waals surface area contributed by atoms with Gasteiger partial charge in [-0.2, -0.15) is 5.10 Å². The lowest BCUT2D eigenvalue weighted by Crippen LogP contribution is -2.39. The van der Waals surface area contributed by atoms with E-state index >= 15 is 0 Å². The summed E-state index contributed by atoms with van der Waals surface area (Å²) in [6, 6.07) is 8.12. The molecule has 0 aliphatic heterocycles. The van der Waals surface area contributed by atoms with Crippen molar-refractivity contribution < 1.29 is 9.53 Å². The number of nitrogens with one attached hydrogen (secondary N) is 2. The first-order valence-electron chi connectivity index (χ1n) is 8.82. The van der Waals surface area contributed by atoms with E-state index in [2.05, 4.69) is 27.9 Å². The Balaban J connectivity index is 1.47. The molecular formula is C19H26N4O2. The number of aromatic nitrogens is 2. The molecule has 134 valence electrons. The zero-order valence-corrected chi connectivity index (χ0v) is 14.9. The monoisotopic (exact) mass is 342 g/mol. The quantitative estimate of drug-likeness (QED) is 0.847. The van der Waals surface area contributed by atoms with Crippen molar-refractivity contribution in [3.8, 4) is 5.75 Å². The van der Waals surface area contributed by atoms with Crippen molar-refractivity contribution in [2.45, 2.75) is 31.6 Å². The third-order valence-electron chi connectivity index (χ3n) is 4.89. The van der Waals surface area contributed by atoms with Gasteiger partial charge in [-0.05, 0) is 48.6 Å². The van der Waals surface area contributed by atoms with E-state index in [4.69, 9.17) is 4.74 Å². The normalized spacial score (nSPS) is 16.2. The summed E-state index contributed by atoms with van der Waals surface area (Å²) in [5, 5.41) is 10.1. The van der Waals surface area contributed by atoms with E-state index in [-0.39, 0.29) is 6.03 Å². The third kappa shape index (κ3) is 4.32. The Morgan fingerprint density at radius 3 is 3.00 bits per heavy atom. The average molecular weight is 342 g/mol. The van der Waals surface area contributed by atoms with E-state index in [9.17, 15) is 4.79 Å². The molecule has 1 aromatic carbocycles. The van der Waals surface area contributed by atoms with Crippen LogP contribution in [0.3, 0.4) is 0 Å². The maximum atomic E-state index is 12.0. The standard InChI is InChI=1S/C19H26N4O2/c1-23-16(9-11-22-23)8-10-20-19(24)21-13-15-5-3-4-14-12-17(25-2)6-7-18(14)15/h6-7,9,11-12,15H,3-5,8,10,13H2,1-2H3,(H2,20,21,24)/t15-/m1/s1. The van der Waals surface area contributed by atoms with Crippen molar-refractivity contribution in [1.82, 2.24) is 20.4 Å². The van der Waals surface area contributed by atoms with E-state index in [1.165, 1.54) is 11.1 Å². The molecule has 3 rings (SSSR count). The Bertz CT molecular complexity index is 726. The number of ether oxygens (including phenoxy) is 1. The van der Waals surface area contributed by atoms with Gasteiger partial charge in [0.15, 0.2) is 0 Å². The highest BCUT2D eigenvalue weighted by Gasteiger charge is 2.21. The number of methoxy groups -OCH3 is 1. The molecule has 0 saturated heterocycles. The lowest BCUT2D eigenvalue weighted by atomic mass is 9.82. The highest BCUT2D eigenvalue weighted by Crippen LogP contribution is 2.33. The smallest absolute Gasteiger partial charge is 0.314 e. The summed E-state index contributed by atoms with van der Waals surface area (Å²) < 4.78 is 7.14. The molecular weight excluding hydrogens is 316 g/mol. The van der Waals surface area contributed by atoms with Crippen LogP contribution in [0.25, 0.3) is 0 Å². The van der Waals surface area contributed by atoms with Gasteiger partial charge in [0, 0.05) is 44.4 Å². The zero-order valence-electron chi connectivity index (χ0n) is 14.9. The van der Waals surface area contributed by atoms with E-state index in [1.807, 2.05) is 23.9 Å². The van der Waals surface area contributed by atoms with Crippen molar-refractivity contribution in [2.24, 2.45) is 7.05 Å². The number of nitrogens with zero attached hydrogens (tertiary/aromatic N) is 2. The summed E-state index contributed by atoms with van der Waals surface area (Å²) in [6.45, 7) is 1.26. The highest BCUT2D eigenvalue weighted by atomic mass is 16.5. The predicted molar refractivity (Wildman–Crippen MR) is 97.0 cm³/mol. The lowest BCUT2D eigenvalue weighted by molar-refractivity contribution is 0.240. The molecule has 1 atom stereocenters. The second kappa shape index (κ2) is 8.05. The van der Waals surface area contributed by atoms with Crippen LogP contribution < -0.4 is 15.4 Å². The molecule has 0 unspecified atom stereocenters. The van der Waals surface area contributed by atoms with Crippen molar-refractivity contribution in [3.05, 3.63) is 47.3 Å². The van der Waals surface area contributed by atoms with Crippen LogP contribution in [0.4, 0.5) is 4.79 Å². The third-order valence-corrected chi connectivity index (χ3v) is 4.89. The molecule has 1 heterocycles. The molecule has 2 N–H and O–H groups in total. The first-order chi connectivity index (χ1) is 12.2. The summed E-state index contributed by atoms with van der Waals surface area (Å²) in [7, 11) is 3.60. The molecule has 0 saturated carbocycles. The van der Waals surface area contributed by atoms with Crippen LogP contribution in [-0.4, -0.2) is 36.0 Å². The minimum atomic E-state index is -0.109. The molecule has 0 spiro atoms.